The molecule has 0 radical (unpaired) electrons. The first kappa shape index (κ1) is 16.1. The van der Waals surface area contributed by atoms with Crippen molar-refractivity contribution in [1.82, 2.24) is 20.3 Å². The lowest BCUT2D eigenvalue weighted by Gasteiger charge is -2.03. The lowest BCUT2D eigenvalue weighted by atomic mass is 10.5. The van der Waals surface area contributed by atoms with E-state index in [0.717, 1.165) is 17.2 Å². The van der Waals surface area contributed by atoms with Crippen LogP contribution in [0.25, 0.3) is 0 Å². The molecular formula is C10H18N4O3S2. The predicted molar refractivity (Wildman–Crippen MR) is 76.0 cm³/mol. The van der Waals surface area contributed by atoms with Gasteiger partial charge in [-0.25, -0.2) is 4.79 Å². The molecule has 0 aliphatic carbocycles. The van der Waals surface area contributed by atoms with Crippen LogP contribution in [0.4, 0.5) is 4.79 Å². The zero-order valence-electron chi connectivity index (χ0n) is 11.0. The topological polar surface area (TPSA) is 78.3 Å². The van der Waals surface area contributed by atoms with Crippen LogP contribution in [0.5, 0.6) is 0 Å². The molecule has 0 bridgehead atoms. The average Bonchev–Trinajstić information content (AvgIpc) is 2.82. The number of aryl methyl sites for hydroxylation is 1. The molecule has 0 aliphatic heterocycles. The van der Waals surface area contributed by atoms with Gasteiger partial charge in [0.15, 0.2) is 0 Å². The number of hydrogen-bond donors (Lipinski definition) is 1. The monoisotopic (exact) mass is 306 g/mol. The van der Waals surface area contributed by atoms with Crippen LogP contribution in [-0.4, -0.2) is 52.9 Å². The smallest absolute Gasteiger partial charge is 0.406 e. The normalized spacial score (nSPS) is 10.4. The SMILES string of the molecule is CNC(=O)OCCSSCCOCc1cn(C)nn1. The number of ether oxygens (including phenoxy) is 2. The van der Waals surface area contributed by atoms with Crippen molar-refractivity contribution >= 4 is 27.7 Å². The third-order valence-electron chi connectivity index (χ3n) is 1.90. The number of carbonyl (C=O) groups is 1. The van der Waals surface area contributed by atoms with Crippen LogP contribution < -0.4 is 5.32 Å². The molecule has 9 heteroatoms. The number of carbonyl (C=O) groups excluding carboxylic acids is 1. The van der Waals surface area contributed by atoms with Gasteiger partial charge in [-0.2, -0.15) is 0 Å². The van der Waals surface area contributed by atoms with Crippen molar-refractivity contribution in [3.05, 3.63) is 11.9 Å². The van der Waals surface area contributed by atoms with Gasteiger partial charge < -0.3 is 14.8 Å². The van der Waals surface area contributed by atoms with Gasteiger partial charge in [0.1, 0.15) is 12.3 Å². The van der Waals surface area contributed by atoms with E-state index in [-0.39, 0.29) is 0 Å². The molecule has 1 heterocycles. The van der Waals surface area contributed by atoms with Gasteiger partial charge in [-0.05, 0) is 0 Å². The predicted octanol–water partition coefficient (Wildman–Crippen LogP) is 1.07. The van der Waals surface area contributed by atoms with Crippen molar-refractivity contribution in [2.45, 2.75) is 6.61 Å². The van der Waals surface area contributed by atoms with Gasteiger partial charge in [-0.3, -0.25) is 4.68 Å². The Morgan fingerprint density at radius 1 is 1.42 bits per heavy atom. The van der Waals surface area contributed by atoms with Crippen LogP contribution in [0.3, 0.4) is 0 Å². The highest BCUT2D eigenvalue weighted by molar-refractivity contribution is 8.76. The fraction of sp³-hybridized carbons (Fsp3) is 0.700. The van der Waals surface area contributed by atoms with Gasteiger partial charge in [0.25, 0.3) is 0 Å². The van der Waals surface area contributed by atoms with Gasteiger partial charge in [0.2, 0.25) is 0 Å². The number of hydrogen-bond acceptors (Lipinski definition) is 7. The lowest BCUT2D eigenvalue weighted by Crippen LogP contribution is -2.20. The summed E-state index contributed by atoms with van der Waals surface area (Å²) in [6, 6.07) is 0. The Kier molecular flexibility index (Phi) is 8.43. The van der Waals surface area contributed by atoms with Crippen LogP contribution in [-0.2, 0) is 23.1 Å². The number of amides is 1. The highest BCUT2D eigenvalue weighted by Crippen LogP contribution is 2.20. The minimum atomic E-state index is -0.391. The van der Waals surface area contributed by atoms with Crippen LogP contribution in [0.2, 0.25) is 0 Å². The van der Waals surface area contributed by atoms with Crippen molar-refractivity contribution in [3.8, 4) is 0 Å². The van der Waals surface area contributed by atoms with Crippen LogP contribution in [0.15, 0.2) is 6.20 Å². The van der Waals surface area contributed by atoms with Gasteiger partial charge in [-0.1, -0.05) is 26.8 Å². The highest BCUT2D eigenvalue weighted by atomic mass is 33.1. The first-order valence-corrected chi connectivity index (χ1v) is 8.23. The van der Waals surface area contributed by atoms with Gasteiger partial charge in [0.05, 0.1) is 19.4 Å². The van der Waals surface area contributed by atoms with Crippen LogP contribution in [0, 0.1) is 0 Å². The van der Waals surface area contributed by atoms with Crippen molar-refractivity contribution in [1.29, 1.82) is 0 Å². The molecule has 0 aliphatic rings. The summed E-state index contributed by atoms with van der Waals surface area (Å²) in [5.74, 6) is 1.65. The molecule has 0 spiro atoms. The van der Waals surface area contributed by atoms with Crippen molar-refractivity contribution in [2.75, 3.05) is 31.8 Å². The average molecular weight is 306 g/mol. The van der Waals surface area contributed by atoms with Gasteiger partial charge >= 0.3 is 6.09 Å². The van der Waals surface area contributed by atoms with Gasteiger partial charge in [0, 0.05) is 25.6 Å². The number of aromatic nitrogens is 3. The summed E-state index contributed by atoms with van der Waals surface area (Å²) in [6.07, 6.45) is 1.44. The Hall–Kier alpha value is -0.930. The summed E-state index contributed by atoms with van der Waals surface area (Å²) < 4.78 is 11.9. The number of nitrogens with zero attached hydrogens (tertiary/aromatic N) is 3. The molecular weight excluding hydrogens is 288 g/mol. The molecule has 0 unspecified atom stereocenters. The maximum Gasteiger partial charge on any atom is 0.406 e. The van der Waals surface area contributed by atoms with E-state index in [9.17, 15) is 4.79 Å². The second-order valence-electron chi connectivity index (χ2n) is 3.47. The Labute approximate surface area is 120 Å². The lowest BCUT2D eigenvalue weighted by molar-refractivity contribution is 0.134. The van der Waals surface area contributed by atoms with Crippen molar-refractivity contribution in [2.24, 2.45) is 7.05 Å². The van der Waals surface area contributed by atoms with E-state index in [1.807, 2.05) is 13.2 Å². The Bertz CT molecular complexity index is 375. The maximum absolute atomic E-state index is 10.7. The molecule has 1 aromatic heterocycles. The van der Waals surface area contributed by atoms with E-state index < -0.39 is 6.09 Å². The standard InChI is InChI=1S/C10H18N4O3S2/c1-11-10(15)17-4-6-19-18-5-3-16-8-9-7-14(2)13-12-9/h7H,3-6,8H2,1-2H3,(H,11,15). The molecule has 0 aromatic carbocycles. The number of alkyl carbamates (subject to hydrolysis) is 1. The van der Waals surface area contributed by atoms with Crippen molar-refractivity contribution < 1.29 is 14.3 Å². The van der Waals surface area contributed by atoms with E-state index in [1.165, 1.54) is 0 Å². The minimum Gasteiger partial charge on any atom is -0.449 e. The van der Waals surface area contributed by atoms with E-state index in [2.05, 4.69) is 15.6 Å². The Balaban J connectivity index is 1.85. The fourth-order valence-electron chi connectivity index (χ4n) is 1.09. The molecule has 1 N–H and O–H groups in total. The maximum atomic E-state index is 10.7. The molecule has 0 saturated heterocycles. The molecule has 0 saturated carbocycles. The number of rotatable bonds is 9. The first-order chi connectivity index (χ1) is 9.22. The second-order valence-corrected chi connectivity index (χ2v) is 6.17. The molecule has 19 heavy (non-hydrogen) atoms. The molecule has 1 rings (SSSR count). The molecule has 0 fully saturated rings. The van der Waals surface area contributed by atoms with Crippen LogP contribution in [0.1, 0.15) is 5.69 Å². The van der Waals surface area contributed by atoms with E-state index in [0.29, 0.717) is 19.8 Å². The molecule has 108 valence electrons. The summed E-state index contributed by atoms with van der Waals surface area (Å²) in [6.45, 7) is 1.56. The molecule has 1 amide bonds. The van der Waals surface area contributed by atoms with Crippen LogP contribution >= 0.6 is 21.6 Å². The molecule has 7 nitrogen and oxygen atoms in total. The molecule has 0 atom stereocenters. The third-order valence-corrected chi connectivity index (χ3v) is 4.23. The molecule has 1 aromatic rings. The summed E-state index contributed by atoms with van der Waals surface area (Å²) in [5.41, 5.74) is 0.833. The van der Waals surface area contributed by atoms with Gasteiger partial charge in [-0.15, -0.1) is 5.10 Å². The highest BCUT2D eigenvalue weighted by Gasteiger charge is 1.99. The zero-order valence-corrected chi connectivity index (χ0v) is 12.6. The summed E-state index contributed by atoms with van der Waals surface area (Å²) in [4.78, 5) is 10.7. The minimum absolute atomic E-state index is 0.391. The summed E-state index contributed by atoms with van der Waals surface area (Å²) >= 11 is 0. The summed E-state index contributed by atoms with van der Waals surface area (Å²) in [7, 11) is 6.71. The van der Waals surface area contributed by atoms with E-state index >= 15 is 0 Å². The quantitative estimate of drug-likeness (QED) is 0.540. The number of nitrogens with one attached hydrogen (secondary N) is 1. The van der Waals surface area contributed by atoms with E-state index in [1.54, 1.807) is 33.3 Å². The third kappa shape index (κ3) is 7.96. The second kappa shape index (κ2) is 9.93. The van der Waals surface area contributed by atoms with Crippen molar-refractivity contribution in [3.63, 3.8) is 0 Å². The fourth-order valence-corrected chi connectivity index (χ4v) is 2.78. The summed E-state index contributed by atoms with van der Waals surface area (Å²) in [5, 5.41) is 10.1. The first-order valence-electron chi connectivity index (χ1n) is 5.74. The Morgan fingerprint density at radius 3 is 2.79 bits per heavy atom. The van der Waals surface area contributed by atoms with E-state index in [4.69, 9.17) is 9.47 Å². The zero-order chi connectivity index (χ0) is 13.9. The largest absolute Gasteiger partial charge is 0.449 e. The Morgan fingerprint density at radius 2 is 2.16 bits per heavy atom.